The highest BCUT2D eigenvalue weighted by atomic mass is 16.3. The molecule has 1 aromatic rings. The average Bonchev–Trinajstić information content (AvgIpc) is 2.50. The average molecular weight is 290 g/mol. The monoisotopic (exact) mass is 290 g/mol. The maximum Gasteiger partial charge on any atom is 0.0575 e. The van der Waals surface area contributed by atoms with Crippen LogP contribution in [0.3, 0.4) is 0 Å². The fourth-order valence-corrected chi connectivity index (χ4v) is 2.91. The van der Waals surface area contributed by atoms with Crippen LogP contribution in [0, 0.1) is 5.92 Å². The molecule has 1 atom stereocenters. The van der Waals surface area contributed by atoms with Crippen molar-refractivity contribution >= 4 is 0 Å². The lowest BCUT2D eigenvalue weighted by atomic mass is 10.0. The number of nitrogens with one attached hydrogen (secondary N) is 1. The predicted octanol–water partition coefficient (Wildman–Crippen LogP) is 2.65. The van der Waals surface area contributed by atoms with E-state index in [2.05, 4.69) is 54.4 Å². The second-order valence-corrected chi connectivity index (χ2v) is 6.59. The third-order valence-corrected chi connectivity index (χ3v) is 4.48. The van der Waals surface area contributed by atoms with Gasteiger partial charge >= 0.3 is 0 Å². The molecule has 1 aliphatic rings. The second kappa shape index (κ2) is 8.52. The Morgan fingerprint density at radius 3 is 2.48 bits per heavy atom. The van der Waals surface area contributed by atoms with Gasteiger partial charge < -0.3 is 10.4 Å². The van der Waals surface area contributed by atoms with Gasteiger partial charge in [-0.05, 0) is 50.4 Å². The van der Waals surface area contributed by atoms with Gasteiger partial charge in [0.15, 0.2) is 0 Å². The zero-order chi connectivity index (χ0) is 15.1. The SMILES string of the molecule is CC(C)C(O)CCNC1CCN(Cc2ccccc2)CC1. The molecule has 0 aromatic heterocycles. The topological polar surface area (TPSA) is 35.5 Å². The molecule has 0 bridgehead atoms. The van der Waals surface area contributed by atoms with Gasteiger partial charge in [0.1, 0.15) is 0 Å². The molecule has 3 heteroatoms. The Morgan fingerprint density at radius 1 is 1.19 bits per heavy atom. The molecule has 0 saturated carbocycles. The first-order valence-electron chi connectivity index (χ1n) is 8.33. The summed E-state index contributed by atoms with van der Waals surface area (Å²) >= 11 is 0. The number of nitrogens with zero attached hydrogens (tertiary/aromatic N) is 1. The summed E-state index contributed by atoms with van der Waals surface area (Å²) in [6, 6.07) is 11.3. The van der Waals surface area contributed by atoms with Crippen molar-refractivity contribution in [2.75, 3.05) is 19.6 Å². The summed E-state index contributed by atoms with van der Waals surface area (Å²) in [6.45, 7) is 8.49. The first-order valence-corrected chi connectivity index (χ1v) is 8.33. The first kappa shape index (κ1) is 16.5. The van der Waals surface area contributed by atoms with Crippen LogP contribution in [-0.4, -0.2) is 41.8 Å². The third-order valence-electron chi connectivity index (χ3n) is 4.48. The fraction of sp³-hybridized carbons (Fsp3) is 0.667. The van der Waals surface area contributed by atoms with Crippen LogP contribution in [0.2, 0.25) is 0 Å². The van der Waals surface area contributed by atoms with Gasteiger partial charge in [-0.1, -0.05) is 44.2 Å². The lowest BCUT2D eigenvalue weighted by Crippen LogP contribution is -2.43. The van der Waals surface area contributed by atoms with Gasteiger partial charge in [0.25, 0.3) is 0 Å². The first-order chi connectivity index (χ1) is 10.1. The largest absolute Gasteiger partial charge is 0.393 e. The number of aliphatic hydroxyl groups excluding tert-OH is 1. The molecule has 1 unspecified atom stereocenters. The summed E-state index contributed by atoms with van der Waals surface area (Å²) in [7, 11) is 0. The maximum absolute atomic E-state index is 9.81. The summed E-state index contributed by atoms with van der Waals surface area (Å²) in [6.07, 6.45) is 3.12. The number of hydrogen-bond donors (Lipinski definition) is 2. The highest BCUT2D eigenvalue weighted by Crippen LogP contribution is 2.14. The Kier molecular flexibility index (Phi) is 6.68. The fourth-order valence-electron chi connectivity index (χ4n) is 2.91. The summed E-state index contributed by atoms with van der Waals surface area (Å²) in [5, 5.41) is 13.4. The van der Waals surface area contributed by atoms with Gasteiger partial charge in [0.05, 0.1) is 6.10 Å². The molecule has 0 amide bonds. The van der Waals surface area contributed by atoms with Gasteiger partial charge in [-0.25, -0.2) is 0 Å². The highest BCUT2D eigenvalue weighted by Gasteiger charge is 2.19. The third kappa shape index (κ3) is 5.77. The van der Waals surface area contributed by atoms with Crippen LogP contribution in [0.4, 0.5) is 0 Å². The van der Waals surface area contributed by atoms with Crippen LogP contribution >= 0.6 is 0 Å². The molecule has 2 N–H and O–H groups in total. The molecule has 3 nitrogen and oxygen atoms in total. The van der Waals surface area contributed by atoms with Crippen molar-refractivity contribution in [1.82, 2.24) is 10.2 Å². The van der Waals surface area contributed by atoms with Crippen LogP contribution in [0.5, 0.6) is 0 Å². The lowest BCUT2D eigenvalue weighted by Gasteiger charge is -2.32. The maximum atomic E-state index is 9.81. The molecule has 0 aliphatic carbocycles. The van der Waals surface area contributed by atoms with Crippen LogP contribution in [-0.2, 0) is 6.54 Å². The normalized spacial score (nSPS) is 19.0. The van der Waals surface area contributed by atoms with Gasteiger partial charge in [0.2, 0.25) is 0 Å². The van der Waals surface area contributed by atoms with Crippen molar-refractivity contribution < 1.29 is 5.11 Å². The quantitative estimate of drug-likeness (QED) is 0.810. The number of aliphatic hydroxyl groups is 1. The smallest absolute Gasteiger partial charge is 0.0575 e. The number of hydrogen-bond acceptors (Lipinski definition) is 3. The van der Waals surface area contributed by atoms with E-state index in [1.807, 2.05) is 0 Å². The molecule has 1 fully saturated rings. The minimum atomic E-state index is -0.171. The predicted molar refractivity (Wildman–Crippen MR) is 88.2 cm³/mol. The van der Waals surface area contributed by atoms with E-state index in [4.69, 9.17) is 0 Å². The zero-order valence-electron chi connectivity index (χ0n) is 13.5. The van der Waals surface area contributed by atoms with E-state index in [1.165, 1.54) is 31.5 Å². The molecule has 1 heterocycles. The molecule has 1 aliphatic heterocycles. The van der Waals surface area contributed by atoms with Gasteiger partial charge in [-0.15, -0.1) is 0 Å². The van der Waals surface area contributed by atoms with Crippen molar-refractivity contribution in [1.29, 1.82) is 0 Å². The number of piperidine rings is 1. The van der Waals surface area contributed by atoms with Crippen molar-refractivity contribution in [2.24, 2.45) is 5.92 Å². The molecule has 2 rings (SSSR count). The van der Waals surface area contributed by atoms with Crippen LogP contribution in [0.15, 0.2) is 30.3 Å². The molecule has 0 radical (unpaired) electrons. The van der Waals surface area contributed by atoms with Gasteiger partial charge in [-0.3, -0.25) is 4.90 Å². The van der Waals surface area contributed by atoms with E-state index in [0.29, 0.717) is 12.0 Å². The van der Waals surface area contributed by atoms with Crippen molar-refractivity contribution in [3.8, 4) is 0 Å². The molecular weight excluding hydrogens is 260 g/mol. The summed E-state index contributed by atoms with van der Waals surface area (Å²) in [5.41, 5.74) is 1.41. The van der Waals surface area contributed by atoms with E-state index < -0.39 is 0 Å². The molecule has 21 heavy (non-hydrogen) atoms. The van der Waals surface area contributed by atoms with Crippen molar-refractivity contribution in [3.05, 3.63) is 35.9 Å². The number of likely N-dealkylation sites (tertiary alicyclic amines) is 1. The van der Waals surface area contributed by atoms with Gasteiger partial charge in [-0.2, -0.15) is 0 Å². The Hall–Kier alpha value is -0.900. The summed E-state index contributed by atoms with van der Waals surface area (Å²) in [4.78, 5) is 2.54. The van der Waals surface area contributed by atoms with Crippen molar-refractivity contribution in [2.45, 2.75) is 51.8 Å². The Bertz CT molecular complexity index is 385. The van der Waals surface area contributed by atoms with E-state index in [0.717, 1.165) is 19.5 Å². The molecular formula is C18H30N2O. The highest BCUT2D eigenvalue weighted by molar-refractivity contribution is 5.14. The van der Waals surface area contributed by atoms with E-state index >= 15 is 0 Å². The van der Waals surface area contributed by atoms with E-state index in [-0.39, 0.29) is 6.10 Å². The zero-order valence-corrected chi connectivity index (χ0v) is 13.5. The van der Waals surface area contributed by atoms with E-state index in [1.54, 1.807) is 0 Å². The standard InChI is InChI=1S/C18H30N2O/c1-15(2)18(21)8-11-19-17-9-12-20(13-10-17)14-16-6-4-3-5-7-16/h3-7,15,17-19,21H,8-14H2,1-2H3. The minimum Gasteiger partial charge on any atom is -0.393 e. The minimum absolute atomic E-state index is 0.171. The van der Waals surface area contributed by atoms with Crippen LogP contribution in [0.25, 0.3) is 0 Å². The molecule has 1 aromatic carbocycles. The Balaban J connectivity index is 1.62. The number of benzene rings is 1. The Labute approximate surface area is 129 Å². The lowest BCUT2D eigenvalue weighted by molar-refractivity contribution is 0.112. The van der Waals surface area contributed by atoms with Crippen LogP contribution in [0.1, 0.15) is 38.7 Å². The molecule has 118 valence electrons. The van der Waals surface area contributed by atoms with Crippen LogP contribution < -0.4 is 5.32 Å². The Morgan fingerprint density at radius 2 is 1.86 bits per heavy atom. The van der Waals surface area contributed by atoms with E-state index in [9.17, 15) is 5.11 Å². The second-order valence-electron chi connectivity index (χ2n) is 6.59. The molecule has 1 saturated heterocycles. The molecule has 0 spiro atoms. The summed E-state index contributed by atoms with van der Waals surface area (Å²) < 4.78 is 0. The summed E-state index contributed by atoms with van der Waals surface area (Å²) in [5.74, 6) is 0.361. The van der Waals surface area contributed by atoms with Crippen molar-refractivity contribution in [3.63, 3.8) is 0 Å². The van der Waals surface area contributed by atoms with Gasteiger partial charge in [0, 0.05) is 12.6 Å². The number of rotatable bonds is 7.